The number of esters is 1. The van der Waals surface area contributed by atoms with Crippen molar-refractivity contribution >= 4 is 40.5 Å². The van der Waals surface area contributed by atoms with Gasteiger partial charge in [0.2, 0.25) is 0 Å². The third-order valence-electron chi connectivity index (χ3n) is 4.98. The molecule has 2 aromatic heterocycles. The second kappa shape index (κ2) is 10.5. The van der Waals surface area contributed by atoms with Crippen molar-refractivity contribution in [2.24, 2.45) is 0 Å². The topological polar surface area (TPSA) is 64.1 Å². The van der Waals surface area contributed by atoms with Crippen LogP contribution in [0.3, 0.4) is 0 Å². The summed E-state index contributed by atoms with van der Waals surface area (Å²) < 4.78 is 5.53. The Morgan fingerprint density at radius 2 is 1.61 bits per heavy atom. The lowest BCUT2D eigenvalue weighted by atomic mass is 10.1. The van der Waals surface area contributed by atoms with E-state index in [9.17, 15) is 4.79 Å². The Balaban J connectivity index is 1.43. The number of nitrogens with zero attached hydrogens (tertiary/aromatic N) is 2. The van der Waals surface area contributed by atoms with Gasteiger partial charge in [-0.15, -0.1) is 0 Å². The van der Waals surface area contributed by atoms with Crippen molar-refractivity contribution in [3.63, 3.8) is 0 Å². The molecule has 4 rings (SSSR count). The highest BCUT2D eigenvalue weighted by atomic mass is 35.5. The number of rotatable bonds is 7. The van der Waals surface area contributed by atoms with Crippen LogP contribution in [0, 0.1) is 6.92 Å². The van der Waals surface area contributed by atoms with E-state index in [4.69, 9.17) is 27.9 Å². The number of para-hydroxylation sites is 2. The summed E-state index contributed by atoms with van der Waals surface area (Å²) in [6, 6.07) is 20.4. The second-order valence-corrected chi connectivity index (χ2v) is 8.30. The molecular formula is C26H21Cl2N3O2. The van der Waals surface area contributed by atoms with Crippen LogP contribution in [0.4, 0.5) is 11.4 Å². The van der Waals surface area contributed by atoms with E-state index in [1.54, 1.807) is 30.6 Å². The van der Waals surface area contributed by atoms with E-state index in [0.29, 0.717) is 15.7 Å². The average molecular weight is 478 g/mol. The molecule has 7 heteroatoms. The first-order valence-electron chi connectivity index (χ1n) is 10.3. The zero-order valence-corrected chi connectivity index (χ0v) is 19.4. The van der Waals surface area contributed by atoms with Gasteiger partial charge < -0.3 is 10.1 Å². The lowest BCUT2D eigenvalue weighted by molar-refractivity contribution is -0.144. The van der Waals surface area contributed by atoms with Gasteiger partial charge in [0.05, 0.1) is 33.5 Å². The van der Waals surface area contributed by atoms with Gasteiger partial charge in [0, 0.05) is 18.1 Å². The number of hydrogen-bond acceptors (Lipinski definition) is 5. The standard InChI is InChI=1S/C26H21Cl2N3O2/c1-17-9-11-29-23(13-17)24-14-18(10-12-30-24)16-33-25(32)15-19-5-2-3-8-22(19)31-26-20(27)6-4-7-21(26)28/h2-14,31H,15-16H2,1H3. The maximum atomic E-state index is 12.6. The molecule has 1 N–H and O–H groups in total. The van der Waals surface area contributed by atoms with Crippen molar-refractivity contribution in [3.05, 3.63) is 106 Å². The van der Waals surface area contributed by atoms with Crippen LogP contribution in [0.2, 0.25) is 10.0 Å². The van der Waals surface area contributed by atoms with E-state index in [1.165, 1.54) is 0 Å². The summed E-state index contributed by atoms with van der Waals surface area (Å²) >= 11 is 12.5. The van der Waals surface area contributed by atoms with E-state index in [2.05, 4.69) is 15.3 Å². The lowest BCUT2D eigenvalue weighted by Gasteiger charge is -2.14. The van der Waals surface area contributed by atoms with Crippen molar-refractivity contribution in [1.82, 2.24) is 9.97 Å². The molecule has 2 heterocycles. The summed E-state index contributed by atoms with van der Waals surface area (Å²) in [6.45, 7) is 2.15. The van der Waals surface area contributed by atoms with Crippen molar-refractivity contribution < 1.29 is 9.53 Å². The van der Waals surface area contributed by atoms with E-state index >= 15 is 0 Å². The number of ether oxygens (including phenoxy) is 1. The molecule has 0 aliphatic rings. The molecule has 0 bridgehead atoms. The van der Waals surface area contributed by atoms with Crippen molar-refractivity contribution in [2.75, 3.05) is 5.32 Å². The lowest BCUT2D eigenvalue weighted by Crippen LogP contribution is -2.10. The summed E-state index contributed by atoms with van der Waals surface area (Å²) in [7, 11) is 0. The minimum Gasteiger partial charge on any atom is -0.461 e. The first-order chi connectivity index (χ1) is 16.0. The summed E-state index contributed by atoms with van der Waals surface area (Å²) in [5.74, 6) is -0.346. The molecule has 33 heavy (non-hydrogen) atoms. The van der Waals surface area contributed by atoms with Crippen LogP contribution < -0.4 is 5.32 Å². The van der Waals surface area contributed by atoms with E-state index in [-0.39, 0.29) is 19.0 Å². The fourth-order valence-electron chi connectivity index (χ4n) is 3.30. The number of hydrogen-bond donors (Lipinski definition) is 1. The van der Waals surface area contributed by atoms with Crippen molar-refractivity contribution in [2.45, 2.75) is 20.0 Å². The predicted molar refractivity (Wildman–Crippen MR) is 132 cm³/mol. The number of aryl methyl sites for hydroxylation is 1. The Bertz CT molecular complexity index is 1270. The molecule has 0 fully saturated rings. The summed E-state index contributed by atoms with van der Waals surface area (Å²) in [5.41, 5.74) is 5.56. The summed E-state index contributed by atoms with van der Waals surface area (Å²) in [6.07, 6.45) is 3.54. The zero-order valence-electron chi connectivity index (χ0n) is 17.9. The van der Waals surface area contributed by atoms with Gasteiger partial charge in [-0.3, -0.25) is 14.8 Å². The fourth-order valence-corrected chi connectivity index (χ4v) is 3.79. The Kier molecular flexibility index (Phi) is 7.23. The Hall–Kier alpha value is -3.41. The molecule has 0 unspecified atom stereocenters. The van der Waals surface area contributed by atoms with Crippen LogP contribution in [-0.4, -0.2) is 15.9 Å². The number of benzene rings is 2. The highest BCUT2D eigenvalue weighted by Gasteiger charge is 2.13. The third kappa shape index (κ3) is 5.89. The normalized spacial score (nSPS) is 10.6. The number of nitrogens with one attached hydrogen (secondary N) is 1. The number of anilines is 2. The molecule has 4 aromatic rings. The number of aromatic nitrogens is 2. The molecule has 2 aromatic carbocycles. The average Bonchev–Trinajstić information content (AvgIpc) is 2.81. The SMILES string of the molecule is Cc1ccnc(-c2cc(COC(=O)Cc3ccccc3Nc3c(Cl)cccc3Cl)ccn2)c1. The van der Waals surface area contributed by atoms with Crippen molar-refractivity contribution in [3.8, 4) is 11.4 Å². The summed E-state index contributed by atoms with van der Waals surface area (Å²) in [4.78, 5) is 21.3. The van der Waals surface area contributed by atoms with Gasteiger partial charge in [0.25, 0.3) is 0 Å². The second-order valence-electron chi connectivity index (χ2n) is 7.48. The zero-order chi connectivity index (χ0) is 23.2. The third-order valence-corrected chi connectivity index (χ3v) is 5.61. The van der Waals surface area contributed by atoms with Gasteiger partial charge in [-0.2, -0.15) is 0 Å². The van der Waals surface area contributed by atoms with Crippen LogP contribution in [0.25, 0.3) is 11.4 Å². The molecule has 5 nitrogen and oxygen atoms in total. The van der Waals surface area contributed by atoms with Gasteiger partial charge in [0.1, 0.15) is 6.61 Å². The molecule has 0 atom stereocenters. The van der Waals surface area contributed by atoms with Crippen LogP contribution in [0.5, 0.6) is 0 Å². The van der Waals surface area contributed by atoms with E-state index in [0.717, 1.165) is 33.8 Å². The number of halogens is 2. The Morgan fingerprint density at radius 1 is 0.909 bits per heavy atom. The van der Waals surface area contributed by atoms with Crippen LogP contribution in [0.15, 0.2) is 79.1 Å². The number of carbonyl (C=O) groups excluding carboxylic acids is 1. The van der Waals surface area contributed by atoms with Gasteiger partial charge in [-0.1, -0.05) is 47.5 Å². The highest BCUT2D eigenvalue weighted by Crippen LogP contribution is 2.33. The Morgan fingerprint density at radius 3 is 2.36 bits per heavy atom. The first kappa shape index (κ1) is 22.8. The van der Waals surface area contributed by atoms with Crippen LogP contribution in [0.1, 0.15) is 16.7 Å². The molecule has 166 valence electrons. The van der Waals surface area contributed by atoms with Gasteiger partial charge in [0.15, 0.2) is 0 Å². The minimum atomic E-state index is -0.346. The molecule has 0 saturated heterocycles. The van der Waals surface area contributed by atoms with Gasteiger partial charge in [-0.25, -0.2) is 0 Å². The quantitative estimate of drug-likeness (QED) is 0.297. The molecular weight excluding hydrogens is 457 g/mol. The molecule has 0 spiro atoms. The van der Waals surface area contributed by atoms with Gasteiger partial charge in [-0.05, 0) is 66.1 Å². The maximum Gasteiger partial charge on any atom is 0.310 e. The molecule has 0 radical (unpaired) electrons. The molecule has 0 aliphatic heterocycles. The monoisotopic (exact) mass is 477 g/mol. The van der Waals surface area contributed by atoms with E-state index in [1.807, 2.05) is 55.5 Å². The predicted octanol–water partition coefficient (Wildman–Crippen LogP) is 6.79. The van der Waals surface area contributed by atoms with Crippen molar-refractivity contribution in [1.29, 1.82) is 0 Å². The van der Waals surface area contributed by atoms with Crippen LogP contribution >= 0.6 is 23.2 Å². The van der Waals surface area contributed by atoms with Crippen LogP contribution in [-0.2, 0) is 22.6 Å². The molecule has 0 aliphatic carbocycles. The summed E-state index contributed by atoms with van der Waals surface area (Å²) in [5, 5.41) is 4.22. The first-order valence-corrected chi connectivity index (χ1v) is 11.1. The maximum absolute atomic E-state index is 12.6. The largest absolute Gasteiger partial charge is 0.461 e. The molecule has 0 amide bonds. The minimum absolute atomic E-state index is 0.0998. The van der Waals surface area contributed by atoms with Gasteiger partial charge >= 0.3 is 5.97 Å². The fraction of sp³-hybridized carbons (Fsp3) is 0.115. The highest BCUT2D eigenvalue weighted by molar-refractivity contribution is 6.39. The van der Waals surface area contributed by atoms with E-state index < -0.39 is 0 Å². The smallest absolute Gasteiger partial charge is 0.310 e. The molecule has 0 saturated carbocycles. The number of pyridine rings is 2. The Labute approximate surface area is 202 Å². The number of carbonyl (C=O) groups is 1.